The predicted octanol–water partition coefficient (Wildman–Crippen LogP) is 1.63. The number of carboxylic acid groups (broad SMARTS) is 1. The van der Waals surface area contributed by atoms with Crippen molar-refractivity contribution in [1.29, 1.82) is 0 Å². The van der Waals surface area contributed by atoms with Crippen molar-refractivity contribution in [2.24, 2.45) is 0 Å². The zero-order chi connectivity index (χ0) is 13.9. The van der Waals surface area contributed by atoms with Crippen molar-refractivity contribution in [2.75, 3.05) is 38.8 Å². The van der Waals surface area contributed by atoms with Gasteiger partial charge in [0.2, 0.25) is 0 Å². The average molecular weight is 268 g/mol. The Bertz CT molecular complexity index is 385. The minimum atomic E-state index is -1.02. The van der Waals surface area contributed by atoms with Crippen LogP contribution in [0.4, 0.5) is 5.82 Å². The highest BCUT2D eigenvalue weighted by atomic mass is 16.5. The van der Waals surface area contributed by atoms with E-state index in [1.807, 2.05) is 0 Å². The van der Waals surface area contributed by atoms with Crippen molar-refractivity contribution in [1.82, 2.24) is 4.98 Å². The van der Waals surface area contributed by atoms with Gasteiger partial charge < -0.3 is 19.9 Å². The van der Waals surface area contributed by atoms with Gasteiger partial charge in [-0.05, 0) is 25.0 Å². The zero-order valence-corrected chi connectivity index (χ0v) is 11.1. The lowest BCUT2D eigenvalue weighted by molar-refractivity contribution is 0.0690. The van der Waals surface area contributed by atoms with E-state index in [0.717, 1.165) is 19.4 Å². The highest BCUT2D eigenvalue weighted by Crippen LogP contribution is 2.05. The summed E-state index contributed by atoms with van der Waals surface area (Å²) in [5.41, 5.74) is 0.0490. The Balaban J connectivity index is 2.12. The molecule has 0 radical (unpaired) electrons. The quantitative estimate of drug-likeness (QED) is 0.628. The molecule has 0 aliphatic heterocycles. The number of nitrogens with zero attached hydrogens (tertiary/aromatic N) is 1. The number of ether oxygens (including phenoxy) is 2. The van der Waals surface area contributed by atoms with Crippen LogP contribution in [0.5, 0.6) is 0 Å². The zero-order valence-electron chi connectivity index (χ0n) is 11.1. The molecule has 1 aromatic rings. The van der Waals surface area contributed by atoms with E-state index in [1.165, 1.54) is 6.07 Å². The molecule has 19 heavy (non-hydrogen) atoms. The molecule has 106 valence electrons. The van der Waals surface area contributed by atoms with Gasteiger partial charge in [0.25, 0.3) is 0 Å². The molecule has 1 rings (SSSR count). The van der Waals surface area contributed by atoms with Crippen LogP contribution in [-0.2, 0) is 9.47 Å². The molecular weight excluding hydrogens is 248 g/mol. The number of aromatic carboxylic acids is 1. The Kier molecular flexibility index (Phi) is 7.53. The number of anilines is 1. The molecular formula is C13H20N2O4. The maximum atomic E-state index is 10.7. The van der Waals surface area contributed by atoms with Gasteiger partial charge in [-0.3, -0.25) is 0 Å². The number of carbonyl (C=O) groups is 1. The first-order valence-corrected chi connectivity index (χ1v) is 6.25. The molecule has 1 aromatic heterocycles. The van der Waals surface area contributed by atoms with Gasteiger partial charge in [0.15, 0.2) is 5.69 Å². The topological polar surface area (TPSA) is 80.7 Å². The lowest BCUT2D eigenvalue weighted by Gasteiger charge is -2.06. The fourth-order valence-corrected chi connectivity index (χ4v) is 1.44. The molecule has 0 atom stereocenters. The summed E-state index contributed by atoms with van der Waals surface area (Å²) >= 11 is 0. The molecule has 0 amide bonds. The highest BCUT2D eigenvalue weighted by molar-refractivity contribution is 5.85. The van der Waals surface area contributed by atoms with Crippen molar-refractivity contribution in [3.63, 3.8) is 0 Å². The van der Waals surface area contributed by atoms with Crippen LogP contribution in [0.1, 0.15) is 23.3 Å². The number of hydrogen-bond donors (Lipinski definition) is 2. The monoisotopic (exact) mass is 268 g/mol. The minimum absolute atomic E-state index is 0.0490. The standard InChI is InChI=1S/C13H20N2O4/c1-18-9-10-19-8-3-2-7-14-12-6-4-5-11(15-12)13(16)17/h4-6H,2-3,7-10H2,1H3,(H,14,15)(H,16,17). The number of carboxylic acids is 1. The number of methoxy groups -OCH3 is 1. The third-order valence-electron chi connectivity index (χ3n) is 2.42. The third kappa shape index (κ3) is 6.73. The maximum Gasteiger partial charge on any atom is 0.354 e. The van der Waals surface area contributed by atoms with E-state index in [0.29, 0.717) is 25.6 Å². The van der Waals surface area contributed by atoms with Crippen molar-refractivity contribution in [2.45, 2.75) is 12.8 Å². The molecule has 0 bridgehead atoms. The van der Waals surface area contributed by atoms with E-state index >= 15 is 0 Å². The fourth-order valence-electron chi connectivity index (χ4n) is 1.44. The summed E-state index contributed by atoms with van der Waals surface area (Å²) < 4.78 is 10.2. The SMILES string of the molecule is COCCOCCCCNc1cccc(C(=O)O)n1. The molecule has 6 heteroatoms. The first-order chi connectivity index (χ1) is 9.24. The molecule has 0 aliphatic carbocycles. The van der Waals surface area contributed by atoms with Crippen LogP contribution in [-0.4, -0.2) is 49.5 Å². The van der Waals surface area contributed by atoms with Crippen LogP contribution in [0.15, 0.2) is 18.2 Å². The van der Waals surface area contributed by atoms with Gasteiger partial charge in [-0.2, -0.15) is 0 Å². The van der Waals surface area contributed by atoms with Gasteiger partial charge in [-0.15, -0.1) is 0 Å². The summed E-state index contributed by atoms with van der Waals surface area (Å²) in [5, 5.41) is 11.9. The molecule has 2 N–H and O–H groups in total. The molecule has 0 aromatic carbocycles. The number of pyridine rings is 1. The second-order valence-electron chi connectivity index (χ2n) is 3.95. The Labute approximate surface area is 112 Å². The number of nitrogens with one attached hydrogen (secondary N) is 1. The van der Waals surface area contributed by atoms with Crippen LogP contribution in [0, 0.1) is 0 Å². The average Bonchev–Trinajstić information content (AvgIpc) is 2.42. The normalized spacial score (nSPS) is 10.4. The third-order valence-corrected chi connectivity index (χ3v) is 2.42. The predicted molar refractivity (Wildman–Crippen MR) is 71.6 cm³/mol. The van der Waals surface area contributed by atoms with E-state index in [2.05, 4.69) is 10.3 Å². The second kappa shape index (κ2) is 9.29. The summed E-state index contributed by atoms with van der Waals surface area (Å²) in [7, 11) is 1.64. The maximum absolute atomic E-state index is 10.7. The van der Waals surface area contributed by atoms with Crippen molar-refractivity contribution in [3.8, 4) is 0 Å². The molecule has 0 spiro atoms. The Morgan fingerprint density at radius 3 is 2.89 bits per heavy atom. The van der Waals surface area contributed by atoms with Crippen LogP contribution in [0.25, 0.3) is 0 Å². The summed E-state index contributed by atoms with van der Waals surface area (Å²) in [6.45, 7) is 2.67. The summed E-state index contributed by atoms with van der Waals surface area (Å²) in [5.74, 6) is -0.435. The van der Waals surface area contributed by atoms with Crippen LogP contribution < -0.4 is 5.32 Å². The molecule has 6 nitrogen and oxygen atoms in total. The largest absolute Gasteiger partial charge is 0.477 e. The minimum Gasteiger partial charge on any atom is -0.477 e. The van der Waals surface area contributed by atoms with Crippen LogP contribution in [0.2, 0.25) is 0 Å². The first-order valence-electron chi connectivity index (χ1n) is 6.25. The van der Waals surface area contributed by atoms with Crippen LogP contribution >= 0.6 is 0 Å². The lowest BCUT2D eigenvalue weighted by Crippen LogP contribution is -2.08. The number of rotatable bonds is 10. The number of hydrogen-bond acceptors (Lipinski definition) is 5. The van der Waals surface area contributed by atoms with Gasteiger partial charge >= 0.3 is 5.97 Å². The van der Waals surface area contributed by atoms with Gasteiger partial charge in [-0.1, -0.05) is 6.07 Å². The van der Waals surface area contributed by atoms with E-state index in [9.17, 15) is 4.79 Å². The lowest BCUT2D eigenvalue weighted by atomic mass is 10.3. The van der Waals surface area contributed by atoms with E-state index in [-0.39, 0.29) is 5.69 Å². The van der Waals surface area contributed by atoms with Crippen molar-refractivity contribution in [3.05, 3.63) is 23.9 Å². The molecule has 0 unspecified atom stereocenters. The Morgan fingerprint density at radius 2 is 2.16 bits per heavy atom. The first kappa shape index (κ1) is 15.4. The van der Waals surface area contributed by atoms with E-state index in [4.69, 9.17) is 14.6 Å². The molecule has 0 fully saturated rings. The molecule has 1 heterocycles. The van der Waals surface area contributed by atoms with Gasteiger partial charge in [0, 0.05) is 20.3 Å². The highest BCUT2D eigenvalue weighted by Gasteiger charge is 2.04. The Morgan fingerprint density at radius 1 is 1.32 bits per heavy atom. The van der Waals surface area contributed by atoms with Gasteiger partial charge in [0.1, 0.15) is 5.82 Å². The molecule has 0 saturated carbocycles. The van der Waals surface area contributed by atoms with Gasteiger partial charge in [-0.25, -0.2) is 9.78 Å². The summed E-state index contributed by atoms with van der Waals surface area (Å²) in [4.78, 5) is 14.7. The molecule has 0 saturated heterocycles. The summed E-state index contributed by atoms with van der Waals surface area (Å²) in [6.07, 6.45) is 1.88. The fraction of sp³-hybridized carbons (Fsp3) is 0.538. The number of aromatic nitrogens is 1. The van der Waals surface area contributed by atoms with E-state index < -0.39 is 5.97 Å². The van der Waals surface area contributed by atoms with E-state index in [1.54, 1.807) is 19.2 Å². The van der Waals surface area contributed by atoms with Crippen molar-refractivity contribution < 1.29 is 19.4 Å². The van der Waals surface area contributed by atoms with Crippen LogP contribution in [0.3, 0.4) is 0 Å². The van der Waals surface area contributed by atoms with Gasteiger partial charge in [0.05, 0.1) is 13.2 Å². The van der Waals surface area contributed by atoms with Crippen molar-refractivity contribution >= 4 is 11.8 Å². The second-order valence-corrected chi connectivity index (χ2v) is 3.95. The Hall–Kier alpha value is -1.66. The smallest absolute Gasteiger partial charge is 0.354 e. The summed E-state index contributed by atoms with van der Waals surface area (Å²) in [6, 6.07) is 4.89. The number of unbranched alkanes of at least 4 members (excludes halogenated alkanes) is 1. The molecule has 0 aliphatic rings.